The first-order valence-electron chi connectivity index (χ1n) is 5.56. The third-order valence-corrected chi connectivity index (χ3v) is 3.29. The van der Waals surface area contributed by atoms with Gasteiger partial charge in [0.2, 0.25) is 0 Å². The van der Waals surface area contributed by atoms with E-state index in [-0.39, 0.29) is 6.10 Å². The van der Waals surface area contributed by atoms with E-state index in [0.29, 0.717) is 10.2 Å². The van der Waals surface area contributed by atoms with Crippen LogP contribution in [-0.2, 0) is 4.74 Å². The lowest BCUT2D eigenvalue weighted by atomic mass is 9.99. The van der Waals surface area contributed by atoms with Crippen LogP contribution < -0.4 is 5.32 Å². The van der Waals surface area contributed by atoms with Crippen molar-refractivity contribution in [1.82, 2.24) is 0 Å². The van der Waals surface area contributed by atoms with Crippen LogP contribution in [0.1, 0.15) is 17.2 Å². The van der Waals surface area contributed by atoms with Gasteiger partial charge in [0.25, 0.3) is 5.17 Å². The van der Waals surface area contributed by atoms with Gasteiger partial charge in [0.15, 0.2) is 6.10 Å². The van der Waals surface area contributed by atoms with E-state index >= 15 is 0 Å². The Morgan fingerprint density at radius 1 is 1.11 bits per heavy atom. The summed E-state index contributed by atoms with van der Waals surface area (Å²) in [6, 6.07) is 15.6. The molecule has 2 aromatic carbocycles. The number of halogens is 1. The minimum Gasteiger partial charge on any atom is -0.458 e. The van der Waals surface area contributed by atoms with Crippen LogP contribution >= 0.6 is 23.8 Å². The molecule has 0 aromatic heterocycles. The van der Waals surface area contributed by atoms with Crippen molar-refractivity contribution < 1.29 is 4.74 Å². The molecule has 1 aliphatic rings. The first-order chi connectivity index (χ1) is 8.74. The number of anilines is 1. The number of thiocarbonyl (C=S) groups is 1. The third-order valence-electron chi connectivity index (χ3n) is 2.86. The number of benzene rings is 2. The summed E-state index contributed by atoms with van der Waals surface area (Å²) in [6.45, 7) is 0. The van der Waals surface area contributed by atoms with Crippen molar-refractivity contribution >= 4 is 34.7 Å². The van der Waals surface area contributed by atoms with Gasteiger partial charge in [-0.05, 0) is 36.0 Å². The molecule has 2 aromatic rings. The molecule has 1 aliphatic heterocycles. The van der Waals surface area contributed by atoms with Gasteiger partial charge in [0.05, 0.1) is 0 Å². The van der Waals surface area contributed by atoms with Crippen LogP contribution in [0.25, 0.3) is 0 Å². The molecule has 1 atom stereocenters. The normalized spacial score (nSPS) is 17.6. The molecule has 0 radical (unpaired) electrons. The minimum absolute atomic E-state index is 0.200. The molecule has 18 heavy (non-hydrogen) atoms. The fraction of sp³-hybridized carbons (Fsp3) is 0.0714. The van der Waals surface area contributed by atoms with Gasteiger partial charge in [-0.3, -0.25) is 0 Å². The second kappa shape index (κ2) is 4.59. The molecule has 3 rings (SSSR count). The minimum atomic E-state index is -0.200. The van der Waals surface area contributed by atoms with E-state index in [9.17, 15) is 0 Å². The Labute approximate surface area is 116 Å². The monoisotopic (exact) mass is 275 g/mol. The predicted octanol–water partition coefficient (Wildman–Crippen LogP) is 4.16. The molecule has 1 unspecified atom stereocenters. The van der Waals surface area contributed by atoms with Gasteiger partial charge in [-0.25, -0.2) is 0 Å². The number of fused-ring (bicyclic) bond motifs is 1. The highest BCUT2D eigenvalue weighted by molar-refractivity contribution is 7.80. The molecular weight excluding hydrogens is 266 g/mol. The molecule has 0 aliphatic carbocycles. The van der Waals surface area contributed by atoms with Crippen LogP contribution in [0.4, 0.5) is 5.69 Å². The fourth-order valence-electron chi connectivity index (χ4n) is 2.07. The molecule has 1 N–H and O–H groups in total. The molecule has 0 bridgehead atoms. The molecule has 90 valence electrons. The molecule has 0 amide bonds. The molecule has 0 fully saturated rings. The summed E-state index contributed by atoms with van der Waals surface area (Å²) in [5.74, 6) is 0. The summed E-state index contributed by atoms with van der Waals surface area (Å²) < 4.78 is 5.72. The second-order valence-electron chi connectivity index (χ2n) is 4.05. The first-order valence-corrected chi connectivity index (χ1v) is 6.35. The number of rotatable bonds is 1. The lowest BCUT2D eigenvalue weighted by molar-refractivity contribution is 0.234. The van der Waals surface area contributed by atoms with Crippen molar-refractivity contribution in [2.45, 2.75) is 6.10 Å². The maximum atomic E-state index is 6.02. The predicted molar refractivity (Wildman–Crippen MR) is 77.0 cm³/mol. The lowest BCUT2D eigenvalue weighted by Crippen LogP contribution is -2.24. The van der Waals surface area contributed by atoms with Gasteiger partial charge in [-0.15, -0.1) is 0 Å². The molecule has 0 saturated carbocycles. The van der Waals surface area contributed by atoms with E-state index in [1.165, 1.54) is 0 Å². The van der Waals surface area contributed by atoms with Gasteiger partial charge >= 0.3 is 0 Å². The van der Waals surface area contributed by atoms with Crippen LogP contribution in [0.15, 0.2) is 48.5 Å². The van der Waals surface area contributed by atoms with Crippen LogP contribution in [0, 0.1) is 0 Å². The summed E-state index contributed by atoms with van der Waals surface area (Å²) >= 11 is 11.1. The molecule has 4 heteroatoms. The highest BCUT2D eigenvalue weighted by Gasteiger charge is 2.25. The van der Waals surface area contributed by atoms with E-state index in [0.717, 1.165) is 16.8 Å². The summed E-state index contributed by atoms with van der Waals surface area (Å²) in [6.07, 6.45) is -0.200. The van der Waals surface area contributed by atoms with Crippen molar-refractivity contribution in [3.63, 3.8) is 0 Å². The van der Waals surface area contributed by atoms with E-state index in [1.54, 1.807) is 0 Å². The summed E-state index contributed by atoms with van der Waals surface area (Å²) in [5, 5.41) is 4.13. The highest BCUT2D eigenvalue weighted by atomic mass is 35.5. The van der Waals surface area contributed by atoms with E-state index < -0.39 is 0 Å². The zero-order valence-corrected chi connectivity index (χ0v) is 11.0. The second-order valence-corrected chi connectivity index (χ2v) is 4.86. The topological polar surface area (TPSA) is 21.3 Å². The van der Waals surface area contributed by atoms with Gasteiger partial charge in [-0.1, -0.05) is 41.9 Å². The maximum Gasteiger partial charge on any atom is 0.262 e. The summed E-state index contributed by atoms with van der Waals surface area (Å²) in [7, 11) is 0. The summed E-state index contributed by atoms with van der Waals surface area (Å²) in [5.41, 5.74) is 3.05. The largest absolute Gasteiger partial charge is 0.458 e. The van der Waals surface area contributed by atoms with E-state index in [1.807, 2.05) is 48.5 Å². The van der Waals surface area contributed by atoms with Gasteiger partial charge in [-0.2, -0.15) is 0 Å². The zero-order chi connectivity index (χ0) is 12.5. The Morgan fingerprint density at radius 3 is 2.78 bits per heavy atom. The van der Waals surface area contributed by atoms with Crippen LogP contribution in [0.2, 0.25) is 5.02 Å². The van der Waals surface area contributed by atoms with Crippen LogP contribution in [0.3, 0.4) is 0 Å². The molecule has 0 saturated heterocycles. The van der Waals surface area contributed by atoms with E-state index in [4.69, 9.17) is 28.6 Å². The SMILES string of the molecule is S=C1Nc2ccccc2C(c2cccc(Cl)c2)O1. The van der Waals surface area contributed by atoms with Crippen molar-refractivity contribution in [2.75, 3.05) is 5.32 Å². The molecule has 1 heterocycles. The average Bonchev–Trinajstić information content (AvgIpc) is 2.37. The smallest absolute Gasteiger partial charge is 0.262 e. The number of nitrogens with one attached hydrogen (secondary N) is 1. The van der Waals surface area contributed by atoms with Gasteiger partial charge < -0.3 is 10.1 Å². The Balaban J connectivity index is 2.10. The Morgan fingerprint density at radius 2 is 1.94 bits per heavy atom. The first kappa shape index (κ1) is 11.5. The highest BCUT2D eigenvalue weighted by Crippen LogP contribution is 2.35. The quantitative estimate of drug-likeness (QED) is 0.790. The van der Waals surface area contributed by atoms with Crippen molar-refractivity contribution in [2.24, 2.45) is 0 Å². The van der Waals surface area contributed by atoms with E-state index in [2.05, 4.69) is 5.32 Å². The molecular formula is C14H10ClNOS. The Bertz CT molecular complexity index is 614. The Hall–Kier alpha value is -1.58. The van der Waals surface area contributed by atoms with Crippen molar-refractivity contribution in [3.05, 3.63) is 64.7 Å². The van der Waals surface area contributed by atoms with Gasteiger partial charge in [0, 0.05) is 16.3 Å². The molecule has 0 spiro atoms. The number of hydrogen-bond acceptors (Lipinski definition) is 2. The zero-order valence-electron chi connectivity index (χ0n) is 9.39. The Kier molecular flexibility index (Phi) is 2.94. The average molecular weight is 276 g/mol. The lowest BCUT2D eigenvalue weighted by Gasteiger charge is -2.28. The number of para-hydroxylation sites is 1. The summed E-state index contributed by atoms with van der Waals surface area (Å²) in [4.78, 5) is 0. The number of hydrogen-bond donors (Lipinski definition) is 1. The standard InChI is InChI=1S/C14H10ClNOS/c15-10-5-3-4-9(8-10)13-11-6-1-2-7-12(11)16-14(18)17-13/h1-8,13H,(H,16,18). The van der Waals surface area contributed by atoms with Gasteiger partial charge in [0.1, 0.15) is 0 Å². The number of ether oxygens (including phenoxy) is 1. The third kappa shape index (κ3) is 2.07. The van der Waals surface area contributed by atoms with Crippen LogP contribution in [-0.4, -0.2) is 5.17 Å². The van der Waals surface area contributed by atoms with Crippen molar-refractivity contribution in [1.29, 1.82) is 0 Å². The fourth-order valence-corrected chi connectivity index (χ4v) is 2.47. The molecule has 2 nitrogen and oxygen atoms in total. The van der Waals surface area contributed by atoms with Crippen LogP contribution in [0.5, 0.6) is 0 Å². The van der Waals surface area contributed by atoms with Crippen molar-refractivity contribution in [3.8, 4) is 0 Å². The maximum absolute atomic E-state index is 6.02.